The van der Waals surface area contributed by atoms with E-state index < -0.39 is 11.2 Å². The zero-order valence-corrected chi connectivity index (χ0v) is 7.43. The highest BCUT2D eigenvalue weighted by molar-refractivity contribution is 7.91. The van der Waals surface area contributed by atoms with Crippen molar-refractivity contribution in [3.05, 3.63) is 30.3 Å². The molecule has 0 aliphatic carbocycles. The van der Waals surface area contributed by atoms with E-state index in [-0.39, 0.29) is 0 Å². The minimum absolute atomic E-state index is 0.768. The van der Waals surface area contributed by atoms with Crippen LogP contribution in [-0.2, 0) is 11.2 Å². The van der Waals surface area contributed by atoms with E-state index in [2.05, 4.69) is 0 Å². The van der Waals surface area contributed by atoms with Gasteiger partial charge in [-0.2, -0.15) is 0 Å². The van der Waals surface area contributed by atoms with E-state index >= 15 is 0 Å². The molecule has 0 fully saturated rings. The van der Waals surface area contributed by atoms with Gasteiger partial charge in [-0.15, -0.1) is 0 Å². The van der Waals surface area contributed by atoms with Gasteiger partial charge in [-0.1, -0.05) is 25.1 Å². The summed E-state index contributed by atoms with van der Waals surface area (Å²) in [5.41, 5.74) is 0. The molecule has 2 heteroatoms. The van der Waals surface area contributed by atoms with Gasteiger partial charge in [0.15, 0.2) is 4.90 Å². The molecule has 1 aromatic carbocycles. The highest BCUT2D eigenvalue weighted by Gasteiger charge is 2.06. The number of hydrogen-bond donors (Lipinski definition) is 0. The second-order valence-corrected chi connectivity index (χ2v) is 3.93. The van der Waals surface area contributed by atoms with Gasteiger partial charge in [0.05, 0.1) is 0 Å². The molecule has 1 aromatic rings. The van der Waals surface area contributed by atoms with E-state index in [4.69, 9.17) is 0 Å². The van der Waals surface area contributed by atoms with Crippen molar-refractivity contribution in [3.8, 4) is 0 Å². The van der Waals surface area contributed by atoms with Gasteiger partial charge in [0.25, 0.3) is 0 Å². The van der Waals surface area contributed by atoms with Crippen molar-refractivity contribution in [3.63, 3.8) is 0 Å². The molecule has 0 saturated heterocycles. The van der Waals surface area contributed by atoms with Crippen LogP contribution in [0.3, 0.4) is 0 Å². The smallest absolute Gasteiger partial charge is 0.152 e. The van der Waals surface area contributed by atoms with Crippen LogP contribution >= 0.6 is 0 Å². The molecule has 0 radical (unpaired) electrons. The summed E-state index contributed by atoms with van der Waals surface area (Å²) < 4.78 is 11.4. The SMILES string of the molecule is CCC[S@@+]([O-])c1ccccc1. The van der Waals surface area contributed by atoms with Crippen LogP contribution in [0.5, 0.6) is 0 Å². The molecule has 1 nitrogen and oxygen atoms in total. The van der Waals surface area contributed by atoms with E-state index in [1.54, 1.807) is 0 Å². The Balaban J connectivity index is 2.61. The van der Waals surface area contributed by atoms with Crippen molar-refractivity contribution in [2.24, 2.45) is 0 Å². The van der Waals surface area contributed by atoms with Crippen LogP contribution in [0.4, 0.5) is 0 Å². The second-order valence-electron chi connectivity index (χ2n) is 2.36. The zero-order valence-electron chi connectivity index (χ0n) is 6.62. The number of rotatable bonds is 3. The van der Waals surface area contributed by atoms with Crippen LogP contribution in [0.25, 0.3) is 0 Å². The van der Waals surface area contributed by atoms with Gasteiger partial charge in [-0.25, -0.2) is 0 Å². The molecule has 0 aromatic heterocycles. The largest absolute Gasteiger partial charge is 0.611 e. The van der Waals surface area contributed by atoms with E-state index in [9.17, 15) is 4.55 Å². The fraction of sp³-hybridized carbons (Fsp3) is 0.333. The Kier molecular flexibility index (Phi) is 3.46. The Morgan fingerprint density at radius 3 is 2.45 bits per heavy atom. The molecular formula is C9H12OS. The average molecular weight is 168 g/mol. The first-order valence-electron chi connectivity index (χ1n) is 3.78. The summed E-state index contributed by atoms with van der Waals surface area (Å²) in [6, 6.07) is 9.59. The van der Waals surface area contributed by atoms with Gasteiger partial charge in [0.2, 0.25) is 0 Å². The lowest BCUT2D eigenvalue weighted by Crippen LogP contribution is -2.05. The third kappa shape index (κ3) is 2.56. The number of benzene rings is 1. The maximum absolute atomic E-state index is 11.4. The van der Waals surface area contributed by atoms with Crippen LogP contribution in [0, 0.1) is 0 Å². The second kappa shape index (κ2) is 4.42. The predicted molar refractivity (Wildman–Crippen MR) is 48.0 cm³/mol. The van der Waals surface area contributed by atoms with E-state index in [1.165, 1.54) is 0 Å². The van der Waals surface area contributed by atoms with Crippen LogP contribution < -0.4 is 0 Å². The summed E-state index contributed by atoms with van der Waals surface area (Å²) in [6.07, 6.45) is 0.974. The van der Waals surface area contributed by atoms with Gasteiger partial charge in [0.1, 0.15) is 5.75 Å². The molecule has 0 N–H and O–H groups in total. The normalized spacial score (nSPS) is 12.9. The fourth-order valence-electron chi connectivity index (χ4n) is 0.876. The van der Waals surface area contributed by atoms with Crippen molar-refractivity contribution < 1.29 is 4.55 Å². The monoisotopic (exact) mass is 168 g/mol. The molecule has 0 bridgehead atoms. The lowest BCUT2D eigenvalue weighted by Gasteiger charge is -2.07. The first kappa shape index (κ1) is 8.62. The topological polar surface area (TPSA) is 23.1 Å². The summed E-state index contributed by atoms with van der Waals surface area (Å²) in [5, 5.41) is 0. The van der Waals surface area contributed by atoms with E-state index in [1.807, 2.05) is 37.3 Å². The third-order valence-electron chi connectivity index (χ3n) is 1.40. The molecular weight excluding hydrogens is 156 g/mol. The van der Waals surface area contributed by atoms with E-state index in [0.29, 0.717) is 0 Å². The quantitative estimate of drug-likeness (QED) is 0.634. The van der Waals surface area contributed by atoms with Crippen LogP contribution in [-0.4, -0.2) is 10.3 Å². The predicted octanol–water partition coefficient (Wildman–Crippen LogP) is 2.20. The standard InChI is InChI=1S/C9H12OS/c1-2-8-11(10)9-6-4-3-5-7-9/h3-7H,2,8H2,1H3/t11-/m1/s1. The van der Waals surface area contributed by atoms with Crippen LogP contribution in [0.15, 0.2) is 35.2 Å². The summed E-state index contributed by atoms with van der Waals surface area (Å²) in [6.45, 7) is 2.04. The Labute approximate surface area is 70.6 Å². The van der Waals surface area contributed by atoms with Gasteiger partial charge in [-0.3, -0.25) is 0 Å². The van der Waals surface area contributed by atoms with Crippen molar-refractivity contribution in [1.29, 1.82) is 0 Å². The van der Waals surface area contributed by atoms with Gasteiger partial charge in [0, 0.05) is 0 Å². The molecule has 0 heterocycles. The van der Waals surface area contributed by atoms with E-state index in [0.717, 1.165) is 17.1 Å². The Morgan fingerprint density at radius 1 is 1.27 bits per heavy atom. The molecule has 0 amide bonds. The molecule has 1 rings (SSSR count). The summed E-state index contributed by atoms with van der Waals surface area (Å²) in [7, 11) is 0. The molecule has 0 aliphatic rings. The zero-order chi connectivity index (χ0) is 8.10. The Bertz CT molecular complexity index is 198. The molecule has 11 heavy (non-hydrogen) atoms. The van der Waals surface area contributed by atoms with Crippen LogP contribution in [0.1, 0.15) is 13.3 Å². The molecule has 0 aliphatic heterocycles. The highest BCUT2D eigenvalue weighted by atomic mass is 32.2. The maximum atomic E-state index is 11.4. The molecule has 1 atom stereocenters. The molecule has 60 valence electrons. The summed E-state index contributed by atoms with van der Waals surface area (Å²) in [5.74, 6) is 0.768. The first-order valence-corrected chi connectivity index (χ1v) is 5.10. The van der Waals surface area contributed by atoms with Gasteiger partial charge < -0.3 is 4.55 Å². The van der Waals surface area contributed by atoms with Crippen LogP contribution in [0.2, 0.25) is 0 Å². The minimum Gasteiger partial charge on any atom is -0.611 e. The summed E-state index contributed by atoms with van der Waals surface area (Å²) >= 11 is -0.783. The van der Waals surface area contributed by atoms with Crippen molar-refractivity contribution in [2.45, 2.75) is 18.2 Å². The third-order valence-corrected chi connectivity index (χ3v) is 2.97. The van der Waals surface area contributed by atoms with Crippen molar-refractivity contribution in [2.75, 3.05) is 5.75 Å². The lowest BCUT2D eigenvalue weighted by atomic mass is 10.4. The average Bonchev–Trinajstić information content (AvgIpc) is 2.07. The Hall–Kier alpha value is -0.470. The first-order chi connectivity index (χ1) is 5.34. The molecule has 0 saturated carbocycles. The van der Waals surface area contributed by atoms with Crippen molar-refractivity contribution in [1.82, 2.24) is 0 Å². The highest BCUT2D eigenvalue weighted by Crippen LogP contribution is 2.10. The van der Waals surface area contributed by atoms with Gasteiger partial charge >= 0.3 is 0 Å². The number of hydrogen-bond acceptors (Lipinski definition) is 1. The van der Waals surface area contributed by atoms with Crippen molar-refractivity contribution >= 4 is 11.2 Å². The minimum atomic E-state index is -0.783. The molecule has 0 unspecified atom stereocenters. The molecule has 0 spiro atoms. The Morgan fingerprint density at radius 2 is 1.91 bits per heavy atom. The fourth-order valence-corrected chi connectivity index (χ4v) is 1.94. The summed E-state index contributed by atoms with van der Waals surface area (Å²) in [4.78, 5) is 0.939. The lowest BCUT2D eigenvalue weighted by molar-refractivity contribution is 0.593. The van der Waals surface area contributed by atoms with Gasteiger partial charge in [-0.05, 0) is 29.7 Å². The maximum Gasteiger partial charge on any atom is 0.152 e.